The summed E-state index contributed by atoms with van der Waals surface area (Å²) in [5.74, 6) is 0.545. The number of rotatable bonds is 3. The van der Waals surface area contributed by atoms with Gasteiger partial charge in [0.15, 0.2) is 0 Å². The Morgan fingerprint density at radius 3 is 2.56 bits per heavy atom. The molecule has 0 atom stereocenters. The van der Waals surface area contributed by atoms with Crippen LogP contribution in [0.1, 0.15) is 28.8 Å². The number of likely N-dealkylation sites (tertiary alicyclic amines) is 1. The van der Waals surface area contributed by atoms with Crippen molar-refractivity contribution < 1.29 is 4.79 Å². The lowest BCUT2D eigenvalue weighted by molar-refractivity contribution is 0.0692. The number of halogens is 1. The lowest BCUT2D eigenvalue weighted by atomic mass is 9.90. The van der Waals surface area contributed by atoms with Crippen LogP contribution in [0.3, 0.4) is 0 Å². The van der Waals surface area contributed by atoms with E-state index in [-0.39, 0.29) is 11.5 Å². The van der Waals surface area contributed by atoms with E-state index in [1.54, 1.807) is 0 Å². The highest BCUT2D eigenvalue weighted by atomic mass is 79.9. The lowest BCUT2D eigenvalue weighted by Crippen LogP contribution is -2.39. The molecule has 1 N–H and O–H groups in total. The van der Waals surface area contributed by atoms with Crippen molar-refractivity contribution in [3.8, 4) is 0 Å². The van der Waals surface area contributed by atoms with Crippen LogP contribution in [-0.4, -0.2) is 28.9 Å². The normalized spacial score (nSPS) is 15.2. The second-order valence-corrected chi connectivity index (χ2v) is 8.08. The number of carbonyl (C=O) groups is 1. The lowest BCUT2D eigenvalue weighted by Gasteiger charge is -2.32. The molecule has 1 aliphatic rings. The Bertz CT molecular complexity index is 1020. The number of H-pyrrole nitrogens is 1. The molecule has 138 valence electrons. The molecule has 1 fully saturated rings. The van der Waals surface area contributed by atoms with E-state index in [1.807, 2.05) is 29.2 Å². The maximum atomic E-state index is 13.1. The Morgan fingerprint density at radius 2 is 1.81 bits per heavy atom. The van der Waals surface area contributed by atoms with E-state index >= 15 is 0 Å². The van der Waals surface area contributed by atoms with Gasteiger partial charge in [0.2, 0.25) is 5.56 Å². The number of amides is 1. The number of hydrogen-bond acceptors (Lipinski definition) is 2. The Kier molecular flexibility index (Phi) is 5.12. The van der Waals surface area contributed by atoms with Crippen molar-refractivity contribution in [2.45, 2.75) is 19.3 Å². The highest BCUT2D eigenvalue weighted by Gasteiger charge is 2.25. The summed E-state index contributed by atoms with van der Waals surface area (Å²) in [6, 6.07) is 17.5. The van der Waals surface area contributed by atoms with Crippen LogP contribution in [0.15, 0.2) is 63.9 Å². The smallest absolute Gasteiger partial charge is 0.254 e. The fourth-order valence-corrected chi connectivity index (χ4v) is 4.22. The van der Waals surface area contributed by atoms with E-state index in [0.717, 1.165) is 42.2 Å². The van der Waals surface area contributed by atoms with Crippen LogP contribution in [0.4, 0.5) is 0 Å². The summed E-state index contributed by atoms with van der Waals surface area (Å²) < 4.78 is 0.887. The molecule has 27 heavy (non-hydrogen) atoms. The molecule has 0 aliphatic carbocycles. The molecular weight excluding hydrogens is 404 g/mol. The Morgan fingerprint density at radius 1 is 1.07 bits per heavy atom. The number of benzene rings is 2. The molecule has 0 unspecified atom stereocenters. The van der Waals surface area contributed by atoms with Crippen molar-refractivity contribution in [1.29, 1.82) is 0 Å². The average molecular weight is 425 g/mol. The minimum atomic E-state index is -0.243. The number of pyridine rings is 1. The van der Waals surface area contributed by atoms with E-state index in [0.29, 0.717) is 17.0 Å². The van der Waals surface area contributed by atoms with Crippen molar-refractivity contribution in [2.75, 3.05) is 13.1 Å². The molecule has 4 rings (SSSR count). The van der Waals surface area contributed by atoms with Crippen LogP contribution < -0.4 is 5.56 Å². The minimum absolute atomic E-state index is 0.0534. The van der Waals surface area contributed by atoms with Gasteiger partial charge in [0, 0.05) is 34.5 Å². The summed E-state index contributed by atoms with van der Waals surface area (Å²) in [4.78, 5) is 29.8. The highest BCUT2D eigenvalue weighted by Crippen LogP contribution is 2.25. The van der Waals surface area contributed by atoms with Gasteiger partial charge in [-0.25, -0.2) is 0 Å². The summed E-state index contributed by atoms with van der Waals surface area (Å²) in [6.07, 6.45) is 3.04. The molecule has 2 aromatic carbocycles. The second-order valence-electron chi connectivity index (χ2n) is 7.16. The van der Waals surface area contributed by atoms with E-state index in [1.165, 1.54) is 11.6 Å². The molecule has 1 amide bonds. The Balaban J connectivity index is 1.51. The average Bonchev–Trinajstić information content (AvgIpc) is 2.68. The zero-order valence-corrected chi connectivity index (χ0v) is 16.5. The predicted molar refractivity (Wildman–Crippen MR) is 111 cm³/mol. The van der Waals surface area contributed by atoms with Crippen LogP contribution in [-0.2, 0) is 6.42 Å². The van der Waals surface area contributed by atoms with Crippen molar-refractivity contribution in [3.63, 3.8) is 0 Å². The molecule has 4 nitrogen and oxygen atoms in total. The fourth-order valence-electron chi connectivity index (χ4n) is 3.86. The monoisotopic (exact) mass is 424 g/mol. The standard InChI is InChI=1S/C22H21BrN2O2/c23-17-6-7-20-18(13-17)19(14-21(26)24-20)22(27)25-10-8-16(9-11-25)12-15-4-2-1-3-5-15/h1-7,13-14,16H,8-12H2,(H,24,26). The van der Waals surface area contributed by atoms with Gasteiger partial charge >= 0.3 is 0 Å². The topological polar surface area (TPSA) is 53.2 Å². The number of nitrogens with one attached hydrogen (secondary N) is 1. The first-order chi connectivity index (χ1) is 13.1. The molecule has 0 saturated carbocycles. The zero-order chi connectivity index (χ0) is 18.8. The first-order valence-corrected chi connectivity index (χ1v) is 10.1. The fraction of sp³-hybridized carbons (Fsp3) is 0.273. The molecule has 1 saturated heterocycles. The van der Waals surface area contributed by atoms with Crippen molar-refractivity contribution in [2.24, 2.45) is 5.92 Å². The van der Waals surface area contributed by atoms with Crippen molar-refractivity contribution >= 4 is 32.7 Å². The van der Waals surface area contributed by atoms with Gasteiger partial charge in [-0.15, -0.1) is 0 Å². The molecule has 1 aliphatic heterocycles. The number of aromatic nitrogens is 1. The van der Waals surface area contributed by atoms with Gasteiger partial charge in [0.05, 0.1) is 5.56 Å². The van der Waals surface area contributed by atoms with Crippen LogP contribution in [0.2, 0.25) is 0 Å². The number of hydrogen-bond donors (Lipinski definition) is 1. The maximum absolute atomic E-state index is 13.1. The second kappa shape index (κ2) is 7.69. The van der Waals surface area contributed by atoms with E-state index in [4.69, 9.17) is 0 Å². The number of fused-ring (bicyclic) bond motifs is 1. The summed E-state index contributed by atoms with van der Waals surface area (Å²) in [7, 11) is 0. The highest BCUT2D eigenvalue weighted by molar-refractivity contribution is 9.10. The Hall–Kier alpha value is -2.40. The quantitative estimate of drug-likeness (QED) is 0.677. The first-order valence-electron chi connectivity index (χ1n) is 9.26. The van der Waals surface area contributed by atoms with Gasteiger partial charge in [0.1, 0.15) is 0 Å². The number of nitrogens with zero attached hydrogens (tertiary/aromatic N) is 1. The SMILES string of the molecule is O=C(c1cc(=O)[nH]c2ccc(Br)cc12)N1CCC(Cc2ccccc2)CC1. The van der Waals surface area contributed by atoms with Gasteiger partial charge in [-0.3, -0.25) is 9.59 Å². The molecule has 5 heteroatoms. The summed E-state index contributed by atoms with van der Waals surface area (Å²) in [5, 5.41) is 0.778. The van der Waals surface area contributed by atoms with Crippen LogP contribution in [0.5, 0.6) is 0 Å². The maximum Gasteiger partial charge on any atom is 0.254 e. The molecule has 0 radical (unpaired) electrons. The van der Waals surface area contributed by atoms with Gasteiger partial charge in [-0.05, 0) is 48.9 Å². The summed E-state index contributed by atoms with van der Waals surface area (Å²) >= 11 is 3.45. The number of carbonyl (C=O) groups excluding carboxylic acids is 1. The largest absolute Gasteiger partial charge is 0.339 e. The summed E-state index contributed by atoms with van der Waals surface area (Å²) in [5.41, 5.74) is 2.28. The van der Waals surface area contributed by atoms with Crippen LogP contribution in [0, 0.1) is 5.92 Å². The molecular formula is C22H21BrN2O2. The predicted octanol–water partition coefficient (Wildman–Crippen LogP) is 4.39. The van der Waals surface area contributed by atoms with Gasteiger partial charge in [-0.1, -0.05) is 46.3 Å². The minimum Gasteiger partial charge on any atom is -0.339 e. The van der Waals surface area contributed by atoms with Crippen LogP contribution in [0.25, 0.3) is 10.9 Å². The molecule has 0 spiro atoms. The van der Waals surface area contributed by atoms with Gasteiger partial charge < -0.3 is 9.88 Å². The third-order valence-corrected chi connectivity index (χ3v) is 5.80. The third kappa shape index (κ3) is 3.98. The van der Waals surface area contributed by atoms with E-state index < -0.39 is 0 Å². The Labute approximate surface area is 166 Å². The third-order valence-electron chi connectivity index (χ3n) is 5.30. The zero-order valence-electron chi connectivity index (χ0n) is 15.0. The van der Waals surface area contributed by atoms with Crippen molar-refractivity contribution in [3.05, 3.63) is 80.6 Å². The molecule has 2 heterocycles. The van der Waals surface area contributed by atoms with Gasteiger partial charge in [-0.2, -0.15) is 0 Å². The molecule has 1 aromatic heterocycles. The number of piperidine rings is 1. The van der Waals surface area contributed by atoms with Crippen molar-refractivity contribution in [1.82, 2.24) is 9.88 Å². The van der Waals surface area contributed by atoms with Crippen LogP contribution >= 0.6 is 15.9 Å². The first kappa shape index (κ1) is 18.0. The molecule has 0 bridgehead atoms. The van der Waals surface area contributed by atoms with E-state index in [2.05, 4.69) is 45.2 Å². The molecule has 3 aromatic rings. The van der Waals surface area contributed by atoms with Gasteiger partial charge in [0.25, 0.3) is 5.91 Å². The summed E-state index contributed by atoms with van der Waals surface area (Å²) in [6.45, 7) is 1.47. The number of aromatic amines is 1. The van der Waals surface area contributed by atoms with E-state index in [9.17, 15) is 9.59 Å².